The molecule has 0 saturated carbocycles. The van der Waals surface area contributed by atoms with Crippen molar-refractivity contribution in [2.45, 2.75) is 20.5 Å². The Morgan fingerprint density at radius 3 is 2.50 bits per heavy atom. The van der Waals surface area contributed by atoms with E-state index in [2.05, 4.69) is 0 Å². The van der Waals surface area contributed by atoms with Gasteiger partial charge in [-0.2, -0.15) is 0 Å². The molecule has 0 saturated heterocycles. The second-order valence-electron chi connectivity index (χ2n) is 4.75. The summed E-state index contributed by atoms with van der Waals surface area (Å²) in [6, 6.07) is 8.51. The van der Waals surface area contributed by atoms with Crippen LogP contribution in [0.1, 0.15) is 16.7 Å². The smallest absolute Gasteiger partial charge is 0.145 e. The number of aryl methyl sites for hydroxylation is 2. The van der Waals surface area contributed by atoms with Crippen LogP contribution in [0.3, 0.4) is 0 Å². The molecule has 0 amide bonds. The summed E-state index contributed by atoms with van der Waals surface area (Å²) in [6.45, 7) is 4.02. The van der Waals surface area contributed by atoms with Gasteiger partial charge in [-0.1, -0.05) is 6.07 Å². The molecular weight excluding hydrogens is 257 g/mol. The third kappa shape index (κ3) is 3.02. The zero-order valence-electron chi connectivity index (χ0n) is 11.9. The van der Waals surface area contributed by atoms with Crippen molar-refractivity contribution >= 4 is 5.69 Å². The number of hydrogen-bond donors (Lipinski definition) is 1. The molecule has 0 radical (unpaired) electrons. The van der Waals surface area contributed by atoms with Gasteiger partial charge in [0.2, 0.25) is 0 Å². The molecule has 2 rings (SSSR count). The summed E-state index contributed by atoms with van der Waals surface area (Å²) in [5.41, 5.74) is 8.97. The zero-order valence-corrected chi connectivity index (χ0v) is 11.9. The first-order valence-corrected chi connectivity index (χ1v) is 6.33. The lowest BCUT2D eigenvalue weighted by atomic mass is 10.1. The summed E-state index contributed by atoms with van der Waals surface area (Å²) in [7, 11) is 1.50. The number of rotatable bonds is 4. The van der Waals surface area contributed by atoms with Gasteiger partial charge in [-0.3, -0.25) is 0 Å². The maximum absolute atomic E-state index is 13.8. The maximum Gasteiger partial charge on any atom is 0.145 e. The molecule has 2 aromatic carbocycles. The number of nitrogens with two attached hydrogens (primary N) is 1. The topological polar surface area (TPSA) is 44.5 Å². The molecule has 20 heavy (non-hydrogen) atoms. The number of nitrogen functional groups attached to an aromatic ring is 1. The highest BCUT2D eigenvalue weighted by atomic mass is 19.1. The number of halogens is 1. The summed E-state index contributed by atoms with van der Waals surface area (Å²) in [6.07, 6.45) is 0. The first-order chi connectivity index (χ1) is 9.51. The van der Waals surface area contributed by atoms with Crippen LogP contribution < -0.4 is 15.2 Å². The third-order valence-electron chi connectivity index (χ3n) is 3.08. The van der Waals surface area contributed by atoms with E-state index >= 15 is 0 Å². The van der Waals surface area contributed by atoms with Gasteiger partial charge in [0.25, 0.3) is 0 Å². The summed E-state index contributed by atoms with van der Waals surface area (Å²) in [4.78, 5) is 0. The molecule has 0 heterocycles. The Balaban J connectivity index is 2.17. The molecule has 0 aromatic heterocycles. The molecule has 2 N–H and O–H groups in total. The van der Waals surface area contributed by atoms with E-state index in [0.29, 0.717) is 22.7 Å². The molecule has 0 aliphatic rings. The number of ether oxygens (including phenoxy) is 2. The van der Waals surface area contributed by atoms with E-state index in [1.54, 1.807) is 12.1 Å². The van der Waals surface area contributed by atoms with Gasteiger partial charge in [0.1, 0.15) is 23.9 Å². The van der Waals surface area contributed by atoms with Crippen molar-refractivity contribution in [2.24, 2.45) is 0 Å². The minimum atomic E-state index is -0.354. The largest absolute Gasteiger partial charge is 0.497 e. The van der Waals surface area contributed by atoms with Crippen molar-refractivity contribution < 1.29 is 13.9 Å². The molecule has 0 aliphatic heterocycles. The minimum Gasteiger partial charge on any atom is -0.497 e. The van der Waals surface area contributed by atoms with E-state index in [1.807, 2.05) is 26.0 Å². The van der Waals surface area contributed by atoms with E-state index in [9.17, 15) is 4.39 Å². The van der Waals surface area contributed by atoms with Crippen LogP contribution in [0.15, 0.2) is 30.3 Å². The van der Waals surface area contributed by atoms with E-state index in [1.165, 1.54) is 13.2 Å². The monoisotopic (exact) mass is 275 g/mol. The van der Waals surface area contributed by atoms with Gasteiger partial charge in [0.15, 0.2) is 0 Å². The third-order valence-corrected chi connectivity index (χ3v) is 3.08. The van der Waals surface area contributed by atoms with Crippen LogP contribution in [0.4, 0.5) is 10.1 Å². The summed E-state index contributed by atoms with van der Waals surface area (Å²) >= 11 is 0. The molecule has 0 bridgehead atoms. The van der Waals surface area contributed by atoms with Gasteiger partial charge >= 0.3 is 0 Å². The van der Waals surface area contributed by atoms with Gasteiger partial charge in [-0.15, -0.1) is 0 Å². The van der Waals surface area contributed by atoms with E-state index in [-0.39, 0.29) is 12.4 Å². The Bertz CT molecular complexity index is 603. The van der Waals surface area contributed by atoms with Gasteiger partial charge in [-0.05, 0) is 43.2 Å². The molecule has 0 fully saturated rings. The van der Waals surface area contributed by atoms with E-state index in [4.69, 9.17) is 15.2 Å². The standard InChI is InChI=1S/C16H18FNO2/c1-10-6-11(2)16(15(18)7-10)20-9-12-4-5-13(19-3)8-14(12)17/h4-8H,9,18H2,1-3H3. The fraction of sp³-hybridized carbons (Fsp3) is 0.250. The van der Waals surface area contributed by atoms with Crippen LogP contribution in [0.2, 0.25) is 0 Å². The SMILES string of the molecule is COc1ccc(COc2c(C)cc(C)cc2N)c(F)c1. The fourth-order valence-electron chi connectivity index (χ4n) is 2.11. The van der Waals surface area contributed by atoms with Crippen molar-refractivity contribution in [3.8, 4) is 11.5 Å². The molecule has 106 valence electrons. The number of methoxy groups -OCH3 is 1. The summed E-state index contributed by atoms with van der Waals surface area (Å²) in [5, 5.41) is 0. The minimum absolute atomic E-state index is 0.129. The van der Waals surface area contributed by atoms with Crippen LogP contribution in [-0.4, -0.2) is 7.11 Å². The molecule has 4 heteroatoms. The molecule has 2 aromatic rings. The van der Waals surface area contributed by atoms with Gasteiger partial charge in [-0.25, -0.2) is 4.39 Å². The Kier molecular flexibility index (Phi) is 4.13. The van der Waals surface area contributed by atoms with Crippen LogP contribution in [-0.2, 0) is 6.61 Å². The van der Waals surface area contributed by atoms with E-state index < -0.39 is 0 Å². The lowest BCUT2D eigenvalue weighted by molar-refractivity contribution is 0.299. The fourth-order valence-corrected chi connectivity index (χ4v) is 2.11. The Labute approximate surface area is 118 Å². The molecule has 0 spiro atoms. The number of anilines is 1. The normalized spacial score (nSPS) is 10.4. The average Bonchev–Trinajstić information content (AvgIpc) is 2.39. The number of hydrogen-bond acceptors (Lipinski definition) is 3. The molecular formula is C16H18FNO2. The second kappa shape index (κ2) is 5.82. The van der Waals surface area contributed by atoms with Gasteiger partial charge in [0.05, 0.1) is 12.8 Å². The van der Waals surface area contributed by atoms with Crippen LogP contribution in [0.5, 0.6) is 11.5 Å². The highest BCUT2D eigenvalue weighted by Crippen LogP contribution is 2.28. The lowest BCUT2D eigenvalue weighted by Gasteiger charge is -2.13. The zero-order chi connectivity index (χ0) is 14.7. The predicted molar refractivity (Wildman–Crippen MR) is 77.6 cm³/mol. The first kappa shape index (κ1) is 14.2. The quantitative estimate of drug-likeness (QED) is 0.867. The van der Waals surface area contributed by atoms with Crippen molar-refractivity contribution in [2.75, 3.05) is 12.8 Å². The van der Waals surface area contributed by atoms with Crippen LogP contribution in [0.25, 0.3) is 0 Å². The predicted octanol–water partition coefficient (Wildman–Crippen LogP) is 3.61. The highest BCUT2D eigenvalue weighted by Gasteiger charge is 2.09. The Morgan fingerprint density at radius 2 is 1.90 bits per heavy atom. The average molecular weight is 275 g/mol. The van der Waals surface area contributed by atoms with Crippen molar-refractivity contribution in [3.63, 3.8) is 0 Å². The van der Waals surface area contributed by atoms with Gasteiger partial charge in [0, 0.05) is 11.6 Å². The van der Waals surface area contributed by atoms with Crippen LogP contribution >= 0.6 is 0 Å². The molecule has 0 atom stereocenters. The maximum atomic E-state index is 13.8. The molecule has 3 nitrogen and oxygen atoms in total. The van der Waals surface area contributed by atoms with Crippen molar-refractivity contribution in [1.82, 2.24) is 0 Å². The molecule has 0 unspecified atom stereocenters. The lowest BCUT2D eigenvalue weighted by Crippen LogP contribution is -2.03. The summed E-state index contributed by atoms with van der Waals surface area (Å²) in [5.74, 6) is 0.732. The molecule has 0 aliphatic carbocycles. The van der Waals surface area contributed by atoms with Crippen molar-refractivity contribution in [1.29, 1.82) is 0 Å². The Hall–Kier alpha value is -2.23. The first-order valence-electron chi connectivity index (χ1n) is 6.33. The van der Waals surface area contributed by atoms with E-state index in [0.717, 1.165) is 11.1 Å². The number of benzene rings is 2. The van der Waals surface area contributed by atoms with Crippen molar-refractivity contribution in [3.05, 3.63) is 52.8 Å². The highest BCUT2D eigenvalue weighted by molar-refractivity contribution is 5.58. The second-order valence-corrected chi connectivity index (χ2v) is 4.75. The van der Waals surface area contributed by atoms with Crippen LogP contribution in [0, 0.1) is 19.7 Å². The van der Waals surface area contributed by atoms with Gasteiger partial charge < -0.3 is 15.2 Å². The Morgan fingerprint density at radius 1 is 1.15 bits per heavy atom. The summed E-state index contributed by atoms with van der Waals surface area (Å²) < 4.78 is 24.4.